The molecule has 3 rings (SSSR count). The molecule has 126 valence electrons. The summed E-state index contributed by atoms with van der Waals surface area (Å²) in [6.45, 7) is 1.99. The minimum Gasteiger partial charge on any atom is -0.336 e. The molecule has 0 aromatic heterocycles. The zero-order chi connectivity index (χ0) is 18.3. The number of benzene rings is 1. The summed E-state index contributed by atoms with van der Waals surface area (Å²) in [6, 6.07) is 15.3. The van der Waals surface area contributed by atoms with E-state index < -0.39 is 28.3 Å². The molecule has 2 fully saturated rings. The molecule has 1 amide bonds. The molecular formula is C19H19N5O. The van der Waals surface area contributed by atoms with Gasteiger partial charge in [0.25, 0.3) is 0 Å². The van der Waals surface area contributed by atoms with Crippen molar-refractivity contribution < 1.29 is 4.79 Å². The Morgan fingerprint density at radius 1 is 1.20 bits per heavy atom. The number of nitriles is 3. The molecular weight excluding hydrogens is 314 g/mol. The molecule has 25 heavy (non-hydrogen) atoms. The van der Waals surface area contributed by atoms with Crippen LogP contribution in [0.3, 0.4) is 0 Å². The number of carbonyl (C=O) groups is 1. The van der Waals surface area contributed by atoms with Crippen molar-refractivity contribution in [3.63, 3.8) is 0 Å². The summed E-state index contributed by atoms with van der Waals surface area (Å²) in [4.78, 5) is 12.8. The Hall–Kier alpha value is -2.88. The Morgan fingerprint density at radius 3 is 2.36 bits per heavy atom. The minimum atomic E-state index is -1.79. The molecule has 1 saturated carbocycles. The number of nitrogens with one attached hydrogen (secondary N) is 1. The quantitative estimate of drug-likeness (QED) is 0.873. The van der Waals surface area contributed by atoms with Gasteiger partial charge in [-0.2, -0.15) is 15.8 Å². The molecule has 0 spiro atoms. The van der Waals surface area contributed by atoms with E-state index in [9.17, 15) is 20.6 Å². The second-order valence-corrected chi connectivity index (χ2v) is 7.00. The topological polar surface area (TPSA) is 126 Å². The van der Waals surface area contributed by atoms with Gasteiger partial charge in [-0.25, -0.2) is 0 Å². The fourth-order valence-electron chi connectivity index (χ4n) is 4.70. The molecule has 1 aliphatic heterocycles. The first-order valence-electron chi connectivity index (χ1n) is 8.35. The molecule has 6 nitrogen and oxygen atoms in total. The van der Waals surface area contributed by atoms with Crippen LogP contribution in [-0.2, 0) is 4.79 Å². The highest BCUT2D eigenvalue weighted by atomic mass is 16.2. The Balaban J connectivity index is 2.35. The molecule has 4 atom stereocenters. The average molecular weight is 333 g/mol. The zero-order valence-corrected chi connectivity index (χ0v) is 14.0. The van der Waals surface area contributed by atoms with Crippen LogP contribution in [0.2, 0.25) is 0 Å². The van der Waals surface area contributed by atoms with Crippen LogP contribution in [0.25, 0.3) is 0 Å². The third kappa shape index (κ3) is 1.94. The van der Waals surface area contributed by atoms with Crippen molar-refractivity contribution in [2.24, 2.45) is 22.5 Å². The largest absolute Gasteiger partial charge is 0.336 e. The summed E-state index contributed by atoms with van der Waals surface area (Å²) >= 11 is 0. The second-order valence-electron chi connectivity index (χ2n) is 7.00. The monoisotopic (exact) mass is 333 g/mol. The normalized spacial score (nSPS) is 35.1. The predicted molar refractivity (Wildman–Crippen MR) is 89.0 cm³/mol. The van der Waals surface area contributed by atoms with E-state index in [1.54, 1.807) is 0 Å². The summed E-state index contributed by atoms with van der Waals surface area (Å²) in [5, 5.41) is 32.7. The van der Waals surface area contributed by atoms with Crippen molar-refractivity contribution >= 4 is 5.91 Å². The van der Waals surface area contributed by atoms with Crippen molar-refractivity contribution in [3.8, 4) is 18.2 Å². The van der Waals surface area contributed by atoms with Crippen LogP contribution in [0.4, 0.5) is 0 Å². The van der Waals surface area contributed by atoms with E-state index in [0.717, 1.165) is 12.0 Å². The highest BCUT2D eigenvalue weighted by Gasteiger charge is 2.76. The van der Waals surface area contributed by atoms with E-state index in [1.807, 2.05) is 43.3 Å². The lowest BCUT2D eigenvalue weighted by atomic mass is 9.47. The van der Waals surface area contributed by atoms with Gasteiger partial charge in [0, 0.05) is 18.3 Å². The van der Waals surface area contributed by atoms with E-state index in [0.29, 0.717) is 6.42 Å². The van der Waals surface area contributed by atoms with E-state index >= 15 is 0 Å². The van der Waals surface area contributed by atoms with Crippen LogP contribution in [-0.4, -0.2) is 11.6 Å². The van der Waals surface area contributed by atoms with E-state index in [-0.39, 0.29) is 12.3 Å². The Kier molecular flexibility index (Phi) is 3.79. The lowest BCUT2D eigenvalue weighted by Gasteiger charge is -2.50. The molecule has 3 N–H and O–H groups in total. The molecule has 1 aromatic carbocycles. The maximum Gasteiger partial charge on any atom is 0.244 e. The Morgan fingerprint density at radius 2 is 1.84 bits per heavy atom. The lowest BCUT2D eigenvalue weighted by molar-refractivity contribution is -0.128. The van der Waals surface area contributed by atoms with Crippen LogP contribution < -0.4 is 11.1 Å². The van der Waals surface area contributed by atoms with Crippen LogP contribution in [0, 0.1) is 50.7 Å². The van der Waals surface area contributed by atoms with Gasteiger partial charge in [-0.05, 0) is 12.0 Å². The average Bonchev–Trinajstić information content (AvgIpc) is 2.88. The van der Waals surface area contributed by atoms with Gasteiger partial charge in [0.15, 0.2) is 10.8 Å². The third-order valence-corrected chi connectivity index (χ3v) is 5.80. The van der Waals surface area contributed by atoms with E-state index in [1.165, 1.54) is 0 Å². The van der Waals surface area contributed by atoms with Crippen LogP contribution in [0.1, 0.15) is 37.7 Å². The Labute approximate surface area is 146 Å². The lowest BCUT2D eigenvalue weighted by Crippen LogP contribution is -2.62. The van der Waals surface area contributed by atoms with Gasteiger partial charge < -0.3 is 11.1 Å². The first-order chi connectivity index (χ1) is 11.9. The number of hydrogen-bond donors (Lipinski definition) is 2. The first-order valence-corrected chi connectivity index (χ1v) is 8.35. The summed E-state index contributed by atoms with van der Waals surface area (Å²) in [6.07, 6.45) is 1.41. The van der Waals surface area contributed by atoms with Crippen LogP contribution >= 0.6 is 0 Å². The number of carbonyl (C=O) groups excluding carboxylic acids is 1. The predicted octanol–water partition coefficient (Wildman–Crippen LogP) is 1.92. The van der Waals surface area contributed by atoms with Gasteiger partial charge in [0.05, 0.1) is 23.9 Å². The van der Waals surface area contributed by atoms with Crippen LogP contribution in [0.15, 0.2) is 30.3 Å². The van der Waals surface area contributed by atoms with Crippen LogP contribution in [0.5, 0.6) is 0 Å². The molecule has 2 aliphatic rings. The summed E-state index contributed by atoms with van der Waals surface area (Å²) < 4.78 is 0. The van der Waals surface area contributed by atoms with Gasteiger partial charge in [-0.15, -0.1) is 0 Å². The number of nitrogens with two attached hydrogens (primary N) is 1. The number of rotatable bonds is 3. The van der Waals surface area contributed by atoms with Crippen molar-refractivity contribution in [2.75, 3.05) is 0 Å². The number of amides is 1. The minimum absolute atomic E-state index is 0.0234. The van der Waals surface area contributed by atoms with Crippen molar-refractivity contribution in [3.05, 3.63) is 35.9 Å². The van der Waals surface area contributed by atoms with Crippen molar-refractivity contribution in [1.29, 1.82) is 15.8 Å². The third-order valence-electron chi connectivity index (χ3n) is 5.80. The maximum absolute atomic E-state index is 12.8. The smallest absolute Gasteiger partial charge is 0.244 e. The van der Waals surface area contributed by atoms with Gasteiger partial charge in [0.1, 0.15) is 0 Å². The maximum atomic E-state index is 12.8. The second kappa shape index (κ2) is 5.59. The molecule has 1 heterocycles. The molecule has 2 bridgehead atoms. The van der Waals surface area contributed by atoms with Crippen molar-refractivity contribution in [1.82, 2.24) is 5.32 Å². The summed E-state index contributed by atoms with van der Waals surface area (Å²) in [7, 11) is 0. The van der Waals surface area contributed by atoms with Gasteiger partial charge in [-0.3, -0.25) is 4.79 Å². The van der Waals surface area contributed by atoms with Crippen molar-refractivity contribution in [2.45, 2.75) is 37.8 Å². The molecule has 1 saturated heterocycles. The standard InChI is InChI=1S/C19H19N5O/c1-2-6-14-15(13-7-4-3-5-8-13)18(11-21,12-22)17(10-20)9-19(14,23)24-16(17)25/h3-5,7-8,14-15H,2,6,9,23H2,1H3,(H,24,25)/t14-,15+,17+,19+/m1/s1. The summed E-state index contributed by atoms with van der Waals surface area (Å²) in [5.41, 5.74) is 2.65. The van der Waals surface area contributed by atoms with Gasteiger partial charge in [0.2, 0.25) is 5.91 Å². The molecule has 0 radical (unpaired) electrons. The molecule has 1 aromatic rings. The number of fused-ring (bicyclic) bond motifs is 2. The molecule has 1 aliphatic carbocycles. The zero-order valence-electron chi connectivity index (χ0n) is 14.0. The molecule has 0 unspecified atom stereocenters. The fraction of sp³-hybridized carbons (Fsp3) is 0.474. The summed E-state index contributed by atoms with van der Waals surface area (Å²) in [5.74, 6) is -1.55. The first kappa shape index (κ1) is 17.0. The Bertz CT molecular complexity index is 816. The van der Waals surface area contributed by atoms with E-state index in [2.05, 4.69) is 17.5 Å². The fourth-order valence-corrected chi connectivity index (χ4v) is 4.70. The van der Waals surface area contributed by atoms with Gasteiger partial charge >= 0.3 is 0 Å². The van der Waals surface area contributed by atoms with Gasteiger partial charge in [-0.1, -0.05) is 43.7 Å². The number of nitrogens with zero attached hydrogens (tertiary/aromatic N) is 3. The number of hydrogen-bond acceptors (Lipinski definition) is 5. The molecule has 6 heteroatoms. The highest BCUT2D eigenvalue weighted by molar-refractivity contribution is 5.92. The highest BCUT2D eigenvalue weighted by Crippen LogP contribution is 2.64. The van der Waals surface area contributed by atoms with E-state index in [4.69, 9.17) is 5.73 Å². The SMILES string of the molecule is CCC[C@@H]1[C@H](c2ccccc2)C(C#N)(C#N)[C@]2(C#N)C[C@]1(N)NC2=O.